The van der Waals surface area contributed by atoms with Crippen molar-refractivity contribution in [2.24, 2.45) is 0 Å². The zero-order valence-electron chi connectivity index (χ0n) is 77.1. The second kappa shape index (κ2) is 46.7. The van der Waals surface area contributed by atoms with Gasteiger partial charge in [-0.1, -0.05) is 109 Å². The molecule has 0 saturated heterocycles. The number of aliphatic carboxylic acids is 5. The molecular formula is C117H82ClFO23S5. The third-order valence-corrected chi connectivity index (χ3v) is 28.1. The summed E-state index contributed by atoms with van der Waals surface area (Å²) in [5.74, 6) is 2.68. The van der Waals surface area contributed by atoms with Crippen molar-refractivity contribution in [3.63, 3.8) is 0 Å². The van der Waals surface area contributed by atoms with Crippen LogP contribution in [0.4, 0.5) is 4.39 Å². The number of thiophene rings is 5. The van der Waals surface area contributed by atoms with Gasteiger partial charge in [-0.25, -0.2) is 28.4 Å². The molecule has 0 bridgehead atoms. The number of hydrogen-bond donors (Lipinski definition) is 12. The minimum absolute atomic E-state index is 0.158. The van der Waals surface area contributed by atoms with Gasteiger partial charge in [-0.3, -0.25) is 0 Å². The van der Waals surface area contributed by atoms with Crippen molar-refractivity contribution in [3.8, 4) is 156 Å². The monoisotopic (exact) mass is 2070 g/mol. The van der Waals surface area contributed by atoms with Gasteiger partial charge < -0.3 is 89.7 Å². The Hall–Kier alpha value is -18.2. The van der Waals surface area contributed by atoms with Gasteiger partial charge in [0.1, 0.15) is 80.6 Å². The van der Waals surface area contributed by atoms with Crippen LogP contribution in [0.25, 0.3) is 133 Å². The highest BCUT2D eigenvalue weighted by Crippen LogP contribution is 2.54. The first kappa shape index (κ1) is 102. The number of aromatic hydroxyl groups is 7. The summed E-state index contributed by atoms with van der Waals surface area (Å²) in [6, 6.07) is 95.0. The van der Waals surface area contributed by atoms with E-state index in [0.29, 0.717) is 68.1 Å². The van der Waals surface area contributed by atoms with E-state index in [9.17, 15) is 64.1 Å². The van der Waals surface area contributed by atoms with Crippen LogP contribution in [0.3, 0.4) is 0 Å². The van der Waals surface area contributed by atoms with Crippen molar-refractivity contribution in [1.29, 1.82) is 0 Å². The molecule has 20 aromatic rings. The molecule has 0 aliphatic rings. The number of rotatable bonds is 26. The molecule has 0 radical (unpaired) electrons. The summed E-state index contributed by atoms with van der Waals surface area (Å²) >= 11 is 13.5. The number of hydrogen-bond acceptors (Lipinski definition) is 23. The van der Waals surface area contributed by atoms with Crippen LogP contribution in [0.1, 0.15) is 33.4 Å². The lowest BCUT2D eigenvalue weighted by Crippen LogP contribution is -1.92. The number of carboxylic acid groups (broad SMARTS) is 5. The summed E-state index contributed by atoms with van der Waals surface area (Å²) in [7, 11) is 1.50. The molecule has 15 aromatic carbocycles. The van der Waals surface area contributed by atoms with Crippen molar-refractivity contribution >= 4 is 179 Å². The molecule has 0 aliphatic heterocycles. The van der Waals surface area contributed by atoms with E-state index < -0.39 is 29.8 Å². The fourth-order valence-corrected chi connectivity index (χ4v) is 20.9. The van der Waals surface area contributed by atoms with E-state index in [-0.39, 0.29) is 46.1 Å². The average molecular weight is 2070 g/mol. The molecular weight excluding hydrogens is 1990 g/mol. The lowest BCUT2D eigenvalue weighted by atomic mass is 10.1. The molecule has 5 aromatic heterocycles. The normalized spacial score (nSPS) is 11.2. The first-order valence-electron chi connectivity index (χ1n) is 44.4. The SMILES string of the molecule is COc1cc(Oc2c(-c3ccc(O)cc3)sc3cc(O)ccc23)ccc1/C=C/C(=O)O.Cc1cc(Oc2c(-c3ccc(O)cc3)sc3cc(O)ccc23)ccc1/C=C/C(=O)O.O=C(O)/C=C/c1ccc(Oc2c(-c3ccc(Cl)cc3)sc3cc(O)ccc23)cc1.O=C(O)/C=C/c1ccc(Oc2c(-c3ccc(F)cc3)sc3cc(O)ccc23)cc1.O=C(O)/C=C/c1ccc(Oc2c(-c3ccccc3)sc3cc(O)ccc23)cc1. The van der Waals surface area contributed by atoms with Gasteiger partial charge >= 0.3 is 29.8 Å². The molecule has 0 aliphatic carbocycles. The van der Waals surface area contributed by atoms with E-state index in [1.54, 1.807) is 236 Å². The van der Waals surface area contributed by atoms with Crippen LogP contribution in [0.15, 0.2) is 358 Å². The first-order chi connectivity index (χ1) is 70.9. The van der Waals surface area contributed by atoms with E-state index in [1.807, 2.05) is 104 Å². The fraction of sp³-hybridized carbons (Fsp3) is 0.0171. The smallest absolute Gasteiger partial charge is 0.328 e. The molecule has 20 rings (SSSR count). The van der Waals surface area contributed by atoms with E-state index >= 15 is 0 Å². The van der Waals surface area contributed by atoms with Crippen LogP contribution in [0.5, 0.6) is 103 Å². The minimum atomic E-state index is -1.05. The van der Waals surface area contributed by atoms with Crippen molar-refractivity contribution in [3.05, 3.63) is 402 Å². The second-order valence-corrected chi connectivity index (χ2v) is 37.9. The molecule has 0 amide bonds. The van der Waals surface area contributed by atoms with Gasteiger partial charge in [0.05, 0.1) is 31.5 Å². The van der Waals surface area contributed by atoms with Gasteiger partial charge in [0.15, 0.2) is 28.7 Å². The summed E-state index contributed by atoms with van der Waals surface area (Å²) < 4.78 is 54.3. The van der Waals surface area contributed by atoms with Gasteiger partial charge in [0, 0.05) is 97.5 Å². The molecule has 12 N–H and O–H groups in total. The number of carboxylic acids is 5. The number of phenolic OH excluding ortho intramolecular Hbond substituents is 7. The van der Waals surface area contributed by atoms with Crippen LogP contribution in [-0.2, 0) is 24.0 Å². The van der Waals surface area contributed by atoms with Crippen LogP contribution < -0.4 is 28.4 Å². The van der Waals surface area contributed by atoms with E-state index in [2.05, 4.69) is 0 Å². The Morgan fingerprint density at radius 2 is 0.524 bits per heavy atom. The van der Waals surface area contributed by atoms with Crippen molar-refractivity contribution in [1.82, 2.24) is 0 Å². The predicted molar refractivity (Wildman–Crippen MR) is 580 cm³/mol. The zero-order chi connectivity index (χ0) is 103. The summed E-state index contributed by atoms with van der Waals surface area (Å²) in [6.07, 6.45) is 13.0. The molecule has 0 unspecified atom stereocenters. The van der Waals surface area contributed by atoms with E-state index in [1.165, 1.54) is 88.9 Å². The molecule has 0 saturated carbocycles. The number of fused-ring (bicyclic) bond motifs is 5. The summed E-state index contributed by atoms with van der Waals surface area (Å²) in [5.41, 5.74) is 9.12. The van der Waals surface area contributed by atoms with Crippen molar-refractivity contribution in [2.45, 2.75) is 6.92 Å². The maximum Gasteiger partial charge on any atom is 0.328 e. The van der Waals surface area contributed by atoms with Crippen LogP contribution in [0, 0.1) is 12.7 Å². The fourth-order valence-electron chi connectivity index (χ4n) is 14.9. The molecule has 147 heavy (non-hydrogen) atoms. The van der Waals surface area contributed by atoms with Crippen molar-refractivity contribution < 1.29 is 118 Å². The zero-order valence-corrected chi connectivity index (χ0v) is 81.9. The van der Waals surface area contributed by atoms with Gasteiger partial charge in [0.25, 0.3) is 0 Å². The predicted octanol–water partition coefficient (Wildman–Crippen LogP) is 31.3. The number of ether oxygens (including phenoxy) is 6. The largest absolute Gasteiger partial charge is 0.508 e. The summed E-state index contributed by atoms with van der Waals surface area (Å²) in [5, 5.41) is 117. The number of halogens is 2. The highest BCUT2D eigenvalue weighted by Gasteiger charge is 2.25. The standard InChI is InChI=1S/C24H18O6S.C24H18O5S.C23H15ClO4S.C23H15FO4S.C23H16O4S/c1-29-20-13-18(9-4-14(20)5-11-22(27)28)30-23-19-10-8-17(26)12-21(19)31-24(23)15-2-6-16(25)7-3-15;1-14-12-19(9-4-15(14)5-11-22(27)28)29-23-20-10-8-18(26)13-21(20)30-24(23)16-2-6-17(25)7-3-16;2*24-16-6-4-15(5-7-16)23-22(19-11-8-17(25)13-20(19)29-23)28-18-9-1-14(2-10-18)3-12-21(26)27;24-17-9-12-19-20(14-17)28-23(16-4-2-1-3-5-16)22(19)27-18-10-6-15(7-11-18)8-13-21(25)26/h2-13,25-26H,1H3,(H,27,28);2-13,25-26H,1H3,(H,27,28);2*1-13,25H,(H,26,27);1-14,24H,(H,25,26)/b2*11-5+;2*12-3+;13-8+. The number of methoxy groups -OCH3 is 1. The minimum Gasteiger partial charge on any atom is -0.508 e. The van der Waals surface area contributed by atoms with Crippen LogP contribution in [0.2, 0.25) is 5.02 Å². The first-order valence-corrected chi connectivity index (χ1v) is 48.9. The number of carbonyl (C=O) groups is 5. The third-order valence-electron chi connectivity index (χ3n) is 21.9. The molecule has 30 heteroatoms. The Balaban J connectivity index is 0.000000131. The molecule has 5 heterocycles. The maximum atomic E-state index is 13.4. The van der Waals surface area contributed by atoms with E-state index in [4.69, 9.17) is 65.6 Å². The average Bonchev–Trinajstić information content (AvgIpc) is 1.61. The van der Waals surface area contributed by atoms with Crippen molar-refractivity contribution in [2.75, 3.05) is 7.11 Å². The summed E-state index contributed by atoms with van der Waals surface area (Å²) in [4.78, 5) is 58.0. The lowest BCUT2D eigenvalue weighted by molar-refractivity contribution is -0.132. The molecule has 732 valence electrons. The Kier molecular flexibility index (Phi) is 32.3. The number of aryl methyl sites for hydroxylation is 1. The Bertz CT molecular complexity index is 8220. The molecule has 23 nitrogen and oxygen atoms in total. The lowest BCUT2D eigenvalue weighted by Gasteiger charge is -2.11. The highest BCUT2D eigenvalue weighted by atomic mass is 35.5. The molecule has 0 spiro atoms. The second-order valence-electron chi connectivity index (χ2n) is 32.2. The maximum absolute atomic E-state index is 13.4. The van der Waals surface area contributed by atoms with Gasteiger partial charge in [-0.2, -0.15) is 0 Å². The third kappa shape index (κ3) is 26.2. The van der Waals surface area contributed by atoms with Gasteiger partial charge in [0.2, 0.25) is 0 Å². The highest BCUT2D eigenvalue weighted by molar-refractivity contribution is 7.24. The number of benzene rings is 15. The molecule has 0 fully saturated rings. The topological polar surface area (TPSA) is 383 Å². The Labute approximate surface area is 862 Å². The summed E-state index contributed by atoms with van der Waals surface area (Å²) in [6.45, 7) is 1.89. The Morgan fingerprint density at radius 3 is 0.823 bits per heavy atom. The van der Waals surface area contributed by atoms with Gasteiger partial charge in [-0.05, 0) is 317 Å². The van der Waals surface area contributed by atoms with Crippen LogP contribution >= 0.6 is 68.3 Å². The quantitative estimate of drug-likeness (QED) is 0.0224. The van der Waals surface area contributed by atoms with Gasteiger partial charge in [-0.15, -0.1) is 56.7 Å². The number of phenols is 7. The van der Waals surface area contributed by atoms with E-state index in [0.717, 1.165) is 167 Å². The molecule has 0 atom stereocenters. The van der Waals surface area contributed by atoms with Crippen LogP contribution in [-0.4, -0.2) is 98.2 Å². The Morgan fingerprint density at radius 1 is 0.272 bits per heavy atom.